The van der Waals surface area contributed by atoms with E-state index in [1.165, 1.54) is 11.0 Å². The molecule has 1 amide bonds. The summed E-state index contributed by atoms with van der Waals surface area (Å²) in [6.45, 7) is 5.19. The van der Waals surface area contributed by atoms with E-state index in [1.807, 2.05) is 0 Å². The Morgan fingerprint density at radius 3 is 2.48 bits per heavy atom. The minimum Gasteiger partial charge on any atom is -0.444 e. The first-order chi connectivity index (χ1) is 10.5. The number of hydrogen-bond donors (Lipinski definition) is 1. The Balaban J connectivity index is 2.21. The molecule has 0 spiro atoms. The summed E-state index contributed by atoms with van der Waals surface area (Å²) in [4.78, 5) is 17.3. The molecular weight excluding hydrogens is 313 g/mol. The maximum absolute atomic E-state index is 12.6. The van der Waals surface area contributed by atoms with Crippen molar-refractivity contribution in [2.45, 2.75) is 51.1 Å². The van der Waals surface area contributed by atoms with Crippen LogP contribution in [0.4, 0.5) is 18.0 Å². The summed E-state index contributed by atoms with van der Waals surface area (Å²) in [6.07, 6.45) is -4.92. The zero-order chi connectivity index (χ0) is 17.4. The van der Waals surface area contributed by atoms with Gasteiger partial charge in [0.15, 0.2) is 0 Å². The summed E-state index contributed by atoms with van der Waals surface area (Å²) in [5, 5.41) is 9.81. The van der Waals surface area contributed by atoms with Gasteiger partial charge in [-0.25, -0.2) is 4.79 Å². The zero-order valence-corrected chi connectivity index (χ0v) is 13.1. The lowest BCUT2D eigenvalue weighted by atomic mass is 10.1. The number of hydrogen-bond acceptors (Lipinski definition) is 4. The molecule has 1 aliphatic rings. The number of carbonyl (C=O) groups excluding carboxylic acids is 1. The molecule has 0 saturated carbocycles. The fourth-order valence-corrected chi connectivity index (χ4v) is 2.39. The van der Waals surface area contributed by atoms with Gasteiger partial charge >= 0.3 is 12.3 Å². The fourth-order valence-electron chi connectivity index (χ4n) is 2.39. The SMILES string of the molecule is CC(C)(C)OC(=O)N1C[C@H](O)CC1c1ccc(C(F)(F)F)cn1. The van der Waals surface area contributed by atoms with Crippen LogP contribution in [-0.2, 0) is 10.9 Å². The molecule has 8 heteroatoms. The molecule has 0 aliphatic carbocycles. The van der Waals surface area contributed by atoms with Crippen molar-refractivity contribution in [3.8, 4) is 0 Å². The van der Waals surface area contributed by atoms with Gasteiger partial charge in [-0.05, 0) is 32.9 Å². The van der Waals surface area contributed by atoms with E-state index in [4.69, 9.17) is 4.74 Å². The number of alkyl halides is 3. The van der Waals surface area contributed by atoms with Crippen molar-refractivity contribution in [2.24, 2.45) is 0 Å². The molecule has 1 unspecified atom stereocenters. The lowest BCUT2D eigenvalue weighted by molar-refractivity contribution is -0.137. The van der Waals surface area contributed by atoms with Gasteiger partial charge in [0.25, 0.3) is 0 Å². The van der Waals surface area contributed by atoms with E-state index < -0.39 is 35.6 Å². The summed E-state index contributed by atoms with van der Waals surface area (Å²) < 4.78 is 43.0. The minimum absolute atomic E-state index is 0.0578. The van der Waals surface area contributed by atoms with Crippen molar-refractivity contribution in [2.75, 3.05) is 6.54 Å². The van der Waals surface area contributed by atoms with Crippen LogP contribution in [0.1, 0.15) is 44.5 Å². The lowest BCUT2D eigenvalue weighted by Gasteiger charge is -2.28. The number of aliphatic hydroxyl groups excluding tert-OH is 1. The third kappa shape index (κ3) is 4.34. The maximum Gasteiger partial charge on any atom is 0.417 e. The van der Waals surface area contributed by atoms with E-state index in [-0.39, 0.29) is 13.0 Å². The third-order valence-electron chi connectivity index (χ3n) is 3.36. The fraction of sp³-hybridized carbons (Fsp3) is 0.600. The number of amides is 1. The van der Waals surface area contributed by atoms with Gasteiger partial charge in [-0.15, -0.1) is 0 Å². The zero-order valence-electron chi connectivity index (χ0n) is 13.1. The van der Waals surface area contributed by atoms with Gasteiger partial charge in [0.2, 0.25) is 0 Å². The van der Waals surface area contributed by atoms with E-state index in [1.54, 1.807) is 20.8 Å². The molecule has 0 bridgehead atoms. The molecule has 2 rings (SSSR count). The molecule has 128 valence electrons. The first kappa shape index (κ1) is 17.5. The summed E-state index contributed by atoms with van der Waals surface area (Å²) >= 11 is 0. The Labute approximate surface area is 132 Å². The first-order valence-corrected chi connectivity index (χ1v) is 7.18. The van der Waals surface area contributed by atoms with E-state index in [0.29, 0.717) is 5.69 Å². The molecule has 0 radical (unpaired) electrons. The van der Waals surface area contributed by atoms with Crippen molar-refractivity contribution in [3.05, 3.63) is 29.6 Å². The number of halogens is 3. The predicted octanol–water partition coefficient (Wildman–Crippen LogP) is 3.14. The molecule has 1 aliphatic heterocycles. The molecule has 1 aromatic heterocycles. The standard InChI is InChI=1S/C15H19F3N2O3/c1-14(2,3)23-13(22)20-8-10(21)6-12(20)11-5-4-9(7-19-11)15(16,17)18/h4-5,7,10,12,21H,6,8H2,1-3H3/t10-,12?/m1/s1. The van der Waals surface area contributed by atoms with Gasteiger partial charge in [0.1, 0.15) is 5.60 Å². The molecule has 2 heterocycles. The van der Waals surface area contributed by atoms with Crippen LogP contribution in [0.25, 0.3) is 0 Å². The predicted molar refractivity (Wildman–Crippen MR) is 75.5 cm³/mol. The second-order valence-electron chi connectivity index (χ2n) is 6.51. The summed E-state index contributed by atoms with van der Waals surface area (Å²) in [5.74, 6) is 0. The Hall–Kier alpha value is -1.83. The van der Waals surface area contributed by atoms with Crippen molar-refractivity contribution in [3.63, 3.8) is 0 Å². The Bertz CT molecular complexity index is 567. The number of aromatic nitrogens is 1. The number of carbonyl (C=O) groups is 1. The van der Waals surface area contributed by atoms with E-state index >= 15 is 0 Å². The second kappa shape index (κ2) is 5.99. The molecule has 2 atom stereocenters. The van der Waals surface area contributed by atoms with Gasteiger partial charge in [0.05, 0.1) is 29.9 Å². The van der Waals surface area contributed by atoms with Crippen molar-refractivity contribution >= 4 is 6.09 Å². The van der Waals surface area contributed by atoms with Gasteiger partial charge in [-0.2, -0.15) is 13.2 Å². The third-order valence-corrected chi connectivity index (χ3v) is 3.36. The molecule has 23 heavy (non-hydrogen) atoms. The van der Waals surface area contributed by atoms with Crippen LogP contribution >= 0.6 is 0 Å². The molecule has 1 saturated heterocycles. The van der Waals surface area contributed by atoms with Gasteiger partial charge in [0, 0.05) is 12.6 Å². The van der Waals surface area contributed by atoms with Crippen LogP contribution in [0.5, 0.6) is 0 Å². The molecule has 1 aromatic rings. The number of likely N-dealkylation sites (tertiary alicyclic amines) is 1. The van der Waals surface area contributed by atoms with Crippen LogP contribution in [0.3, 0.4) is 0 Å². The second-order valence-corrected chi connectivity index (χ2v) is 6.51. The highest BCUT2D eigenvalue weighted by molar-refractivity contribution is 5.69. The van der Waals surface area contributed by atoms with E-state index in [0.717, 1.165) is 12.3 Å². The number of pyridine rings is 1. The molecule has 0 aromatic carbocycles. The quantitative estimate of drug-likeness (QED) is 0.858. The van der Waals surface area contributed by atoms with Gasteiger partial charge < -0.3 is 9.84 Å². The first-order valence-electron chi connectivity index (χ1n) is 7.18. The summed E-state index contributed by atoms with van der Waals surface area (Å²) in [5.41, 5.74) is -1.27. The van der Waals surface area contributed by atoms with E-state index in [2.05, 4.69) is 4.98 Å². The van der Waals surface area contributed by atoms with Crippen LogP contribution in [0.15, 0.2) is 18.3 Å². The molecule has 1 N–H and O–H groups in total. The average molecular weight is 332 g/mol. The van der Waals surface area contributed by atoms with Crippen molar-refractivity contribution in [1.82, 2.24) is 9.88 Å². The van der Waals surface area contributed by atoms with Gasteiger partial charge in [-0.3, -0.25) is 9.88 Å². The Kier molecular flexibility index (Phi) is 4.57. The normalized spacial score (nSPS) is 22.3. The molecule has 1 fully saturated rings. The number of nitrogens with zero attached hydrogens (tertiary/aromatic N) is 2. The highest BCUT2D eigenvalue weighted by Gasteiger charge is 2.39. The number of rotatable bonds is 1. The molecule has 5 nitrogen and oxygen atoms in total. The van der Waals surface area contributed by atoms with Crippen molar-refractivity contribution in [1.29, 1.82) is 0 Å². The summed E-state index contributed by atoms with van der Waals surface area (Å²) in [6, 6.07) is 1.53. The van der Waals surface area contributed by atoms with Gasteiger partial charge in [-0.1, -0.05) is 0 Å². The van der Waals surface area contributed by atoms with Crippen molar-refractivity contribution < 1.29 is 27.8 Å². The van der Waals surface area contributed by atoms with Crippen LogP contribution < -0.4 is 0 Å². The number of ether oxygens (including phenoxy) is 1. The average Bonchev–Trinajstić information content (AvgIpc) is 2.78. The van der Waals surface area contributed by atoms with Crippen LogP contribution in [0, 0.1) is 0 Å². The van der Waals surface area contributed by atoms with E-state index in [9.17, 15) is 23.1 Å². The monoisotopic (exact) mass is 332 g/mol. The topological polar surface area (TPSA) is 62.7 Å². The van der Waals surface area contributed by atoms with Crippen LogP contribution in [0.2, 0.25) is 0 Å². The molecular formula is C15H19F3N2O3. The highest BCUT2D eigenvalue weighted by atomic mass is 19.4. The lowest BCUT2D eigenvalue weighted by Crippen LogP contribution is -2.37. The summed E-state index contributed by atoms with van der Waals surface area (Å²) in [7, 11) is 0. The van der Waals surface area contributed by atoms with Crippen LogP contribution in [-0.4, -0.2) is 39.3 Å². The number of aliphatic hydroxyl groups is 1. The highest BCUT2D eigenvalue weighted by Crippen LogP contribution is 2.34. The number of β-amino-alcohol motifs (C(OH)–C–C–N with tert-alkyl or cyclic N) is 1. The maximum atomic E-state index is 12.6. The Morgan fingerprint density at radius 1 is 1.35 bits per heavy atom. The minimum atomic E-state index is -4.47. The Morgan fingerprint density at radius 2 is 2.00 bits per heavy atom. The largest absolute Gasteiger partial charge is 0.444 e. The smallest absolute Gasteiger partial charge is 0.417 e.